The van der Waals surface area contributed by atoms with Crippen molar-refractivity contribution in [3.05, 3.63) is 31.3 Å². The van der Waals surface area contributed by atoms with Crippen LogP contribution < -0.4 is 5.32 Å². The van der Waals surface area contributed by atoms with E-state index in [1.54, 1.807) is 6.07 Å². The summed E-state index contributed by atoms with van der Waals surface area (Å²) < 4.78 is 0.583. The summed E-state index contributed by atoms with van der Waals surface area (Å²) in [6.07, 6.45) is -0.153. The second-order valence-electron chi connectivity index (χ2n) is 5.74. The smallest absolute Gasteiger partial charge is 0.305 e. The van der Waals surface area contributed by atoms with Crippen molar-refractivity contribution in [3.8, 4) is 0 Å². The van der Waals surface area contributed by atoms with Gasteiger partial charge in [0, 0.05) is 14.6 Å². The third-order valence-corrected chi connectivity index (χ3v) is 4.96. The Hall–Kier alpha value is -0.530. The number of carboxylic acid groups (broad SMARTS) is 1. The van der Waals surface area contributed by atoms with E-state index in [1.807, 2.05) is 43.4 Å². The van der Waals surface area contributed by atoms with Gasteiger partial charge in [-0.3, -0.25) is 9.59 Å². The monoisotopic (exact) mass is 443 g/mol. The van der Waals surface area contributed by atoms with Crippen LogP contribution in [0.15, 0.2) is 12.1 Å². The van der Waals surface area contributed by atoms with Gasteiger partial charge in [-0.05, 0) is 40.1 Å². The Balaban J connectivity index is 3.05. The van der Waals surface area contributed by atoms with Gasteiger partial charge >= 0.3 is 5.97 Å². The number of nitrogens with one attached hydrogen (secondary N) is 1. The van der Waals surface area contributed by atoms with Crippen molar-refractivity contribution in [2.75, 3.05) is 0 Å². The van der Waals surface area contributed by atoms with Gasteiger partial charge in [0.1, 0.15) is 0 Å². The minimum absolute atomic E-state index is 0.153. The number of halogens is 3. The van der Waals surface area contributed by atoms with E-state index in [0.717, 1.165) is 0 Å². The molecule has 1 aromatic carbocycles. The first-order valence-corrected chi connectivity index (χ1v) is 8.03. The zero-order valence-corrected chi connectivity index (χ0v) is 15.5. The molecule has 1 aromatic rings. The number of carbonyl (C=O) groups is 2. The Labute approximate surface area is 147 Å². The lowest BCUT2D eigenvalue weighted by Gasteiger charge is -2.30. The Morgan fingerprint density at radius 1 is 1.33 bits per heavy atom. The highest BCUT2D eigenvalue weighted by Gasteiger charge is 2.29. The average Bonchev–Trinajstić information content (AvgIpc) is 2.31. The first-order valence-electron chi connectivity index (χ1n) is 6.19. The predicted molar refractivity (Wildman–Crippen MR) is 92.1 cm³/mol. The second kappa shape index (κ2) is 7.15. The molecule has 1 unspecified atom stereocenters. The van der Waals surface area contributed by atoms with Crippen molar-refractivity contribution in [1.29, 1.82) is 0 Å². The Morgan fingerprint density at radius 2 is 1.90 bits per heavy atom. The van der Waals surface area contributed by atoms with Gasteiger partial charge in [-0.25, -0.2) is 0 Å². The molecule has 4 nitrogen and oxygen atoms in total. The van der Waals surface area contributed by atoms with Gasteiger partial charge in [0.25, 0.3) is 5.91 Å². The molecule has 0 fully saturated rings. The summed E-state index contributed by atoms with van der Waals surface area (Å²) in [5.74, 6) is -1.35. The molecule has 0 saturated heterocycles. The largest absolute Gasteiger partial charge is 0.481 e. The number of benzene rings is 1. The summed E-state index contributed by atoms with van der Waals surface area (Å²) >= 11 is 13.9. The zero-order valence-electron chi connectivity index (χ0n) is 11.8. The molecule has 1 rings (SSSR count). The molecule has 21 heavy (non-hydrogen) atoms. The first kappa shape index (κ1) is 18.5. The molecule has 116 valence electrons. The Kier molecular flexibility index (Phi) is 6.31. The maximum absolute atomic E-state index is 12.4. The Bertz CT molecular complexity index is 570. The van der Waals surface area contributed by atoms with E-state index >= 15 is 0 Å². The maximum atomic E-state index is 12.4. The molecule has 0 saturated carbocycles. The molecule has 0 radical (unpaired) electrons. The average molecular weight is 444 g/mol. The van der Waals surface area contributed by atoms with Crippen LogP contribution in [-0.2, 0) is 4.79 Å². The summed E-state index contributed by atoms with van der Waals surface area (Å²) in [6, 6.07) is 2.57. The number of carboxylic acids is 1. The number of aliphatic carboxylic acids is 1. The van der Waals surface area contributed by atoms with Gasteiger partial charge in [0.05, 0.1) is 17.0 Å². The van der Waals surface area contributed by atoms with Crippen molar-refractivity contribution in [3.63, 3.8) is 0 Å². The molecule has 0 aliphatic rings. The molecule has 0 heterocycles. The molecular weight excluding hydrogens is 428 g/mol. The van der Waals surface area contributed by atoms with Crippen LogP contribution in [0.25, 0.3) is 0 Å². The molecule has 0 spiro atoms. The predicted octanol–water partition coefficient (Wildman–Crippen LogP) is 4.22. The third kappa shape index (κ3) is 5.30. The fourth-order valence-corrected chi connectivity index (χ4v) is 2.76. The molecule has 0 aliphatic carbocycles. The van der Waals surface area contributed by atoms with Gasteiger partial charge in [0.2, 0.25) is 0 Å². The fraction of sp³-hybridized carbons (Fsp3) is 0.429. The van der Waals surface area contributed by atoms with Gasteiger partial charge < -0.3 is 10.4 Å². The van der Waals surface area contributed by atoms with Crippen molar-refractivity contribution in [1.82, 2.24) is 5.32 Å². The van der Waals surface area contributed by atoms with Crippen LogP contribution in [0.1, 0.15) is 37.6 Å². The molecule has 0 bridgehead atoms. The van der Waals surface area contributed by atoms with Crippen molar-refractivity contribution >= 4 is 57.7 Å². The van der Waals surface area contributed by atoms with Crippen LogP contribution in [0, 0.1) is 8.99 Å². The van der Waals surface area contributed by atoms with E-state index in [-0.39, 0.29) is 17.7 Å². The molecule has 2 N–H and O–H groups in total. The zero-order chi connectivity index (χ0) is 16.4. The molecule has 1 atom stereocenters. The van der Waals surface area contributed by atoms with Crippen molar-refractivity contribution in [2.45, 2.75) is 33.2 Å². The fourth-order valence-electron chi connectivity index (χ4n) is 1.71. The van der Waals surface area contributed by atoms with Gasteiger partial charge in [-0.2, -0.15) is 0 Å². The summed E-state index contributed by atoms with van der Waals surface area (Å²) in [4.78, 5) is 23.3. The van der Waals surface area contributed by atoms with E-state index in [1.165, 1.54) is 6.07 Å². The Morgan fingerprint density at radius 3 is 2.38 bits per heavy atom. The van der Waals surface area contributed by atoms with E-state index in [2.05, 4.69) is 5.32 Å². The van der Waals surface area contributed by atoms with E-state index in [0.29, 0.717) is 19.2 Å². The summed E-state index contributed by atoms with van der Waals surface area (Å²) in [5.41, 5.74) is -0.0465. The normalized spacial score (nSPS) is 12.9. The summed E-state index contributed by atoms with van der Waals surface area (Å²) in [6.45, 7) is 5.62. The quantitative estimate of drug-likeness (QED) is 0.540. The molecular formula is C14H16Cl2INO3. The molecule has 0 aliphatic heterocycles. The van der Waals surface area contributed by atoms with E-state index in [9.17, 15) is 9.59 Å². The maximum Gasteiger partial charge on any atom is 0.305 e. The van der Waals surface area contributed by atoms with E-state index < -0.39 is 12.0 Å². The SMILES string of the molecule is CC(C)(C)C(CC(=O)O)NC(=O)c1cc(Cl)cc(Cl)c1I. The summed E-state index contributed by atoms with van der Waals surface area (Å²) in [7, 11) is 0. The topological polar surface area (TPSA) is 66.4 Å². The number of carbonyl (C=O) groups excluding carboxylic acids is 1. The van der Waals surface area contributed by atoms with Crippen LogP contribution >= 0.6 is 45.8 Å². The number of rotatable bonds is 4. The van der Waals surface area contributed by atoms with Gasteiger partial charge in [-0.1, -0.05) is 44.0 Å². The first-order chi connectivity index (χ1) is 9.52. The minimum Gasteiger partial charge on any atom is -0.481 e. The standard InChI is InChI=1S/C14H16Cl2INO3/c1-14(2,3)10(6-11(19)20)18-13(21)8-4-7(15)5-9(16)12(8)17/h4-5,10H,6H2,1-3H3,(H,18,21)(H,19,20). The number of hydrogen-bond donors (Lipinski definition) is 2. The lowest BCUT2D eigenvalue weighted by molar-refractivity contribution is -0.138. The molecule has 1 amide bonds. The van der Waals surface area contributed by atoms with Crippen LogP contribution in [0.5, 0.6) is 0 Å². The van der Waals surface area contributed by atoms with Crippen molar-refractivity contribution in [2.24, 2.45) is 5.41 Å². The van der Waals surface area contributed by atoms with Crippen LogP contribution in [-0.4, -0.2) is 23.0 Å². The molecule has 7 heteroatoms. The number of hydrogen-bond acceptors (Lipinski definition) is 2. The highest BCUT2D eigenvalue weighted by atomic mass is 127. The van der Waals surface area contributed by atoms with E-state index in [4.69, 9.17) is 28.3 Å². The molecule has 0 aromatic heterocycles. The van der Waals surface area contributed by atoms with Gasteiger partial charge in [-0.15, -0.1) is 0 Å². The van der Waals surface area contributed by atoms with Gasteiger partial charge in [0.15, 0.2) is 0 Å². The van der Waals surface area contributed by atoms with Crippen molar-refractivity contribution < 1.29 is 14.7 Å². The van der Waals surface area contributed by atoms with Crippen LogP contribution in [0.2, 0.25) is 10.0 Å². The number of amides is 1. The minimum atomic E-state index is -0.964. The lowest BCUT2D eigenvalue weighted by atomic mass is 9.84. The highest BCUT2D eigenvalue weighted by Crippen LogP contribution is 2.28. The van der Waals surface area contributed by atoms with Crippen LogP contribution in [0.3, 0.4) is 0 Å². The second-order valence-corrected chi connectivity index (χ2v) is 7.66. The van der Waals surface area contributed by atoms with Crippen LogP contribution in [0.4, 0.5) is 0 Å². The highest BCUT2D eigenvalue weighted by molar-refractivity contribution is 14.1. The lowest BCUT2D eigenvalue weighted by Crippen LogP contribution is -2.45. The summed E-state index contributed by atoms with van der Waals surface area (Å²) in [5, 5.41) is 12.5. The third-order valence-electron chi connectivity index (χ3n) is 2.97.